The third-order valence-electron chi connectivity index (χ3n) is 5.06. The molecule has 0 unspecified atom stereocenters. The number of benzene rings is 1. The standard InChI is InChI=1S/C20H28IN3O5S3/c1-4-22-17-13-24(9-6-10-29-3)32(27,28)20-16(17)12-18(30-20)31(21,26)23-19(25)15-8-5-7-14(2)11-15/h5,7-8,11-12,17,22,31H,4,6,9-10,13H2,1-3H3,(H,23,25,26)/t17-/m0/s1. The number of ether oxygens (including phenoxy) is 1. The first-order valence-electron chi connectivity index (χ1n) is 10.2. The van der Waals surface area contributed by atoms with Gasteiger partial charge in [0.2, 0.25) is 0 Å². The Hall–Kier alpha value is -0.900. The van der Waals surface area contributed by atoms with Gasteiger partial charge in [-0.05, 0) is 38.1 Å². The van der Waals surface area contributed by atoms with Crippen molar-refractivity contribution in [3.8, 4) is 0 Å². The second-order valence-electron chi connectivity index (χ2n) is 7.49. The van der Waals surface area contributed by atoms with Gasteiger partial charge in [-0.15, -0.1) is 11.3 Å². The largest absolute Gasteiger partial charge is 0.385 e. The number of halogens is 1. The van der Waals surface area contributed by atoms with Gasteiger partial charge < -0.3 is 10.1 Å². The number of carbonyl (C=O) groups is 1. The number of hydrogen-bond donors (Lipinski definition) is 3. The van der Waals surface area contributed by atoms with Gasteiger partial charge in [-0.25, -0.2) is 8.42 Å². The third-order valence-corrected chi connectivity index (χ3v) is 13.9. The maximum absolute atomic E-state index is 13.5. The molecule has 0 spiro atoms. The number of fused-ring (bicyclic) bond motifs is 1. The van der Waals surface area contributed by atoms with Gasteiger partial charge in [0.05, 0.1) is 4.21 Å². The van der Waals surface area contributed by atoms with E-state index in [-0.39, 0.29) is 10.3 Å². The number of nitrogens with one attached hydrogen (secondary N) is 2. The molecule has 0 fully saturated rings. The third kappa shape index (κ3) is 5.59. The van der Waals surface area contributed by atoms with Crippen LogP contribution in [0.1, 0.15) is 40.9 Å². The molecule has 1 amide bonds. The monoisotopic (exact) mass is 613 g/mol. The van der Waals surface area contributed by atoms with E-state index in [1.54, 1.807) is 52.6 Å². The molecule has 0 saturated heterocycles. The normalized spacial score (nSPS) is 18.8. The van der Waals surface area contributed by atoms with Gasteiger partial charge >= 0.3 is 0 Å². The lowest BCUT2D eigenvalue weighted by Gasteiger charge is -2.32. The quantitative estimate of drug-likeness (QED) is 0.174. The molecule has 32 heavy (non-hydrogen) atoms. The summed E-state index contributed by atoms with van der Waals surface area (Å²) < 4.78 is 49.7. The van der Waals surface area contributed by atoms with Gasteiger partial charge in [0, 0.05) is 72.5 Å². The predicted octanol–water partition coefficient (Wildman–Crippen LogP) is 2.82. The average Bonchev–Trinajstić information content (AvgIpc) is 3.19. The van der Waals surface area contributed by atoms with E-state index in [1.807, 2.05) is 19.9 Å². The maximum Gasteiger partial charge on any atom is 0.262 e. The summed E-state index contributed by atoms with van der Waals surface area (Å²) in [5.74, 6) is -0.454. The highest BCUT2D eigenvalue weighted by Crippen LogP contribution is 2.43. The average molecular weight is 614 g/mol. The molecular weight excluding hydrogens is 585 g/mol. The highest BCUT2D eigenvalue weighted by molar-refractivity contribution is 14.2. The van der Waals surface area contributed by atoms with Crippen molar-refractivity contribution < 1.29 is 22.2 Å². The van der Waals surface area contributed by atoms with Crippen LogP contribution in [-0.2, 0) is 22.1 Å². The highest BCUT2D eigenvalue weighted by Gasteiger charge is 2.39. The molecule has 0 bridgehead atoms. The van der Waals surface area contributed by atoms with Crippen LogP contribution < -0.4 is 10.0 Å². The lowest BCUT2D eigenvalue weighted by molar-refractivity contribution is 0.0982. The van der Waals surface area contributed by atoms with Crippen molar-refractivity contribution in [3.05, 3.63) is 47.0 Å². The van der Waals surface area contributed by atoms with Crippen molar-refractivity contribution in [3.63, 3.8) is 0 Å². The van der Waals surface area contributed by atoms with E-state index in [2.05, 4.69) is 10.0 Å². The van der Waals surface area contributed by atoms with E-state index >= 15 is 0 Å². The SMILES string of the molecule is CCN[C@H]1CN(CCCOC)S(=O)(=O)c2sc([SH](=O)(I)NC(=O)c3cccc(C)c3)cc21. The smallest absolute Gasteiger partial charge is 0.262 e. The van der Waals surface area contributed by atoms with Gasteiger partial charge in [-0.2, -0.15) is 4.31 Å². The molecule has 2 aromatic rings. The van der Waals surface area contributed by atoms with Crippen LogP contribution in [0, 0.1) is 6.92 Å². The molecule has 2 N–H and O–H groups in total. The second kappa shape index (κ2) is 10.6. The Morgan fingerprint density at radius 2 is 2.12 bits per heavy atom. The molecule has 8 nitrogen and oxygen atoms in total. The van der Waals surface area contributed by atoms with Crippen LogP contribution in [0.3, 0.4) is 0 Å². The number of aryl methyl sites for hydroxylation is 1. The summed E-state index contributed by atoms with van der Waals surface area (Å²) in [6.45, 7) is 5.59. The Balaban J connectivity index is 1.92. The number of likely N-dealkylation sites (N-methyl/N-ethyl adjacent to an activating group) is 1. The number of amides is 1. The molecule has 1 aliphatic rings. The van der Waals surface area contributed by atoms with Crippen molar-refractivity contribution in [1.29, 1.82) is 0 Å². The van der Waals surface area contributed by atoms with Crippen molar-refractivity contribution >= 4 is 55.8 Å². The molecule has 2 heterocycles. The van der Waals surface area contributed by atoms with E-state index in [9.17, 15) is 17.4 Å². The van der Waals surface area contributed by atoms with Crippen molar-refractivity contribution in [2.45, 2.75) is 34.7 Å². The van der Waals surface area contributed by atoms with Crippen LogP contribution >= 0.6 is 32.5 Å². The molecule has 0 saturated carbocycles. The van der Waals surface area contributed by atoms with E-state index in [0.29, 0.717) is 48.0 Å². The van der Waals surface area contributed by atoms with E-state index in [4.69, 9.17) is 4.74 Å². The van der Waals surface area contributed by atoms with Crippen LogP contribution in [0.5, 0.6) is 0 Å². The fourth-order valence-corrected chi connectivity index (χ4v) is 10.5. The summed E-state index contributed by atoms with van der Waals surface area (Å²) in [6.07, 6.45) is 0.583. The summed E-state index contributed by atoms with van der Waals surface area (Å²) in [5.41, 5.74) is 1.93. The highest BCUT2D eigenvalue weighted by atomic mass is 127. The second-order valence-corrected chi connectivity index (χ2v) is 16.8. The van der Waals surface area contributed by atoms with Crippen LogP contribution in [0.25, 0.3) is 0 Å². The van der Waals surface area contributed by atoms with Gasteiger partial charge in [0.1, 0.15) is 4.21 Å². The predicted molar refractivity (Wildman–Crippen MR) is 136 cm³/mol. The minimum atomic E-state index is -3.72. The van der Waals surface area contributed by atoms with Gasteiger partial charge in [-0.3, -0.25) is 13.7 Å². The summed E-state index contributed by atoms with van der Waals surface area (Å²) in [4.78, 5) is 12.7. The first kappa shape index (κ1) is 25.7. The van der Waals surface area contributed by atoms with E-state index < -0.39 is 23.2 Å². The summed E-state index contributed by atoms with van der Waals surface area (Å²) in [6, 6.07) is 8.46. The van der Waals surface area contributed by atoms with Gasteiger partial charge in [0.15, 0.2) is 0 Å². The van der Waals surface area contributed by atoms with Crippen molar-refractivity contribution in [2.75, 3.05) is 33.4 Å². The van der Waals surface area contributed by atoms with Gasteiger partial charge in [-0.1, -0.05) is 24.6 Å². The van der Waals surface area contributed by atoms with Crippen LogP contribution in [0.2, 0.25) is 0 Å². The number of methoxy groups -OCH3 is 1. The van der Waals surface area contributed by atoms with E-state index in [0.717, 1.165) is 16.9 Å². The summed E-state index contributed by atoms with van der Waals surface area (Å²) in [7, 11) is -5.51. The van der Waals surface area contributed by atoms with E-state index in [1.165, 1.54) is 4.31 Å². The molecule has 1 aromatic heterocycles. The first-order valence-corrected chi connectivity index (χ1v) is 16.9. The lowest BCUT2D eigenvalue weighted by atomic mass is 10.1. The van der Waals surface area contributed by atoms with Crippen molar-refractivity contribution in [1.82, 2.24) is 14.3 Å². The zero-order chi connectivity index (χ0) is 23.5. The molecule has 12 heteroatoms. The summed E-state index contributed by atoms with van der Waals surface area (Å²) in [5, 5.41) is 3.33. The van der Waals surface area contributed by atoms with Gasteiger partial charge in [0.25, 0.3) is 15.9 Å². The Bertz CT molecular complexity index is 1140. The fourth-order valence-electron chi connectivity index (χ4n) is 3.53. The number of thiol groups is 1. The number of sulfonamides is 1. The van der Waals surface area contributed by atoms with Crippen molar-refractivity contribution in [2.24, 2.45) is 0 Å². The van der Waals surface area contributed by atoms with Crippen LogP contribution in [0.4, 0.5) is 0 Å². The minimum Gasteiger partial charge on any atom is -0.385 e. The Kier molecular flexibility index (Phi) is 8.50. The number of hydrogen-bond acceptors (Lipinski definition) is 7. The maximum atomic E-state index is 13.5. The Morgan fingerprint density at radius 1 is 1.38 bits per heavy atom. The molecular formula is C20H28IN3O5S3. The number of thiophene rings is 1. The number of nitrogens with zero attached hydrogens (tertiary/aromatic N) is 1. The molecule has 1 aliphatic heterocycles. The Labute approximate surface area is 206 Å². The van der Waals surface area contributed by atoms with Crippen LogP contribution in [0.15, 0.2) is 38.8 Å². The first-order chi connectivity index (χ1) is 15.1. The number of carbonyl (C=O) groups excluding carboxylic acids is 1. The Morgan fingerprint density at radius 3 is 2.78 bits per heavy atom. The molecule has 1 atom stereocenters. The molecule has 0 aliphatic carbocycles. The zero-order valence-corrected chi connectivity index (χ0v) is 22.8. The topological polar surface area (TPSA) is 105 Å². The molecule has 178 valence electrons. The minimum absolute atomic E-state index is 0.184. The van der Waals surface area contributed by atoms with Crippen LogP contribution in [-0.4, -0.2) is 56.2 Å². The fraction of sp³-hybridized carbons (Fsp3) is 0.450. The lowest BCUT2D eigenvalue weighted by Crippen LogP contribution is -2.43. The number of rotatable bonds is 9. The molecule has 3 rings (SSSR count). The zero-order valence-electron chi connectivity index (χ0n) is 18.1. The molecule has 1 aromatic carbocycles. The summed E-state index contributed by atoms with van der Waals surface area (Å²) >= 11 is 2.71. The molecule has 0 radical (unpaired) electrons.